The van der Waals surface area contributed by atoms with Crippen molar-refractivity contribution in [2.45, 2.75) is 37.8 Å². The van der Waals surface area contributed by atoms with E-state index in [-0.39, 0.29) is 0 Å². The van der Waals surface area contributed by atoms with Crippen molar-refractivity contribution < 1.29 is 0 Å². The molecule has 3 rings (SSSR count). The van der Waals surface area contributed by atoms with Crippen LogP contribution in [-0.4, -0.2) is 22.1 Å². The van der Waals surface area contributed by atoms with Gasteiger partial charge in [0.2, 0.25) is 0 Å². The Morgan fingerprint density at radius 1 is 1.14 bits per heavy atom. The van der Waals surface area contributed by atoms with Gasteiger partial charge >= 0.3 is 0 Å². The van der Waals surface area contributed by atoms with E-state index in [9.17, 15) is 0 Å². The van der Waals surface area contributed by atoms with Crippen LogP contribution in [0.1, 0.15) is 25.7 Å². The minimum Gasteiger partial charge on any atom is -0.381 e. The van der Waals surface area contributed by atoms with Crippen LogP contribution in [0.3, 0.4) is 0 Å². The van der Waals surface area contributed by atoms with Crippen molar-refractivity contribution in [2.75, 3.05) is 5.32 Å². The van der Waals surface area contributed by atoms with E-state index >= 15 is 0 Å². The summed E-state index contributed by atoms with van der Waals surface area (Å²) in [5.41, 5.74) is 8.77. The SMILES string of the molecule is NC1CCC(Nc2cccnc2-c2ccncc2Cl)CC1. The van der Waals surface area contributed by atoms with Gasteiger partial charge in [-0.15, -0.1) is 0 Å². The molecule has 21 heavy (non-hydrogen) atoms. The van der Waals surface area contributed by atoms with Gasteiger partial charge in [-0.05, 0) is 43.9 Å². The molecule has 0 amide bonds. The first kappa shape index (κ1) is 14.3. The molecule has 110 valence electrons. The molecule has 0 radical (unpaired) electrons. The molecule has 4 nitrogen and oxygen atoms in total. The number of anilines is 1. The highest BCUT2D eigenvalue weighted by atomic mass is 35.5. The van der Waals surface area contributed by atoms with Gasteiger partial charge in [0.05, 0.1) is 16.4 Å². The number of nitrogens with one attached hydrogen (secondary N) is 1. The lowest BCUT2D eigenvalue weighted by Crippen LogP contribution is -2.32. The molecule has 1 fully saturated rings. The van der Waals surface area contributed by atoms with Crippen LogP contribution in [0.2, 0.25) is 5.02 Å². The summed E-state index contributed by atoms with van der Waals surface area (Å²) in [6, 6.07) is 6.69. The number of pyridine rings is 2. The molecule has 0 saturated heterocycles. The van der Waals surface area contributed by atoms with Crippen LogP contribution in [0.25, 0.3) is 11.3 Å². The lowest BCUT2D eigenvalue weighted by molar-refractivity contribution is 0.411. The molecule has 0 aliphatic heterocycles. The number of nitrogens with zero attached hydrogens (tertiary/aromatic N) is 2. The van der Waals surface area contributed by atoms with Crippen LogP contribution < -0.4 is 11.1 Å². The molecule has 1 aliphatic rings. The summed E-state index contributed by atoms with van der Waals surface area (Å²) in [4.78, 5) is 8.52. The highest BCUT2D eigenvalue weighted by Gasteiger charge is 2.20. The Morgan fingerprint density at radius 3 is 2.71 bits per heavy atom. The van der Waals surface area contributed by atoms with Crippen LogP contribution in [-0.2, 0) is 0 Å². The summed E-state index contributed by atoms with van der Waals surface area (Å²) >= 11 is 6.25. The van der Waals surface area contributed by atoms with Crippen molar-refractivity contribution in [1.29, 1.82) is 0 Å². The van der Waals surface area contributed by atoms with Gasteiger partial charge in [0.15, 0.2) is 0 Å². The number of rotatable bonds is 3. The topological polar surface area (TPSA) is 63.8 Å². The van der Waals surface area contributed by atoms with Crippen molar-refractivity contribution in [3.63, 3.8) is 0 Å². The van der Waals surface area contributed by atoms with Gasteiger partial charge in [0.1, 0.15) is 0 Å². The predicted octanol–water partition coefficient (Wildman–Crippen LogP) is 3.48. The maximum Gasteiger partial charge on any atom is 0.0949 e. The second-order valence-corrected chi connectivity index (χ2v) is 5.92. The fourth-order valence-corrected chi connectivity index (χ4v) is 3.00. The molecular formula is C16H19ClN4. The molecule has 1 saturated carbocycles. The maximum absolute atomic E-state index is 6.25. The maximum atomic E-state index is 6.25. The van der Waals surface area contributed by atoms with Crippen LogP contribution >= 0.6 is 11.6 Å². The third-order valence-electron chi connectivity index (χ3n) is 3.97. The summed E-state index contributed by atoms with van der Waals surface area (Å²) in [6.45, 7) is 0. The number of halogens is 1. The first-order chi connectivity index (χ1) is 10.2. The average molecular weight is 303 g/mol. The van der Waals surface area contributed by atoms with E-state index in [1.54, 1.807) is 18.6 Å². The summed E-state index contributed by atoms with van der Waals surface area (Å²) in [5, 5.41) is 4.21. The third kappa shape index (κ3) is 3.34. The van der Waals surface area contributed by atoms with Gasteiger partial charge in [-0.2, -0.15) is 0 Å². The average Bonchev–Trinajstić information content (AvgIpc) is 2.51. The van der Waals surface area contributed by atoms with E-state index in [2.05, 4.69) is 15.3 Å². The second-order valence-electron chi connectivity index (χ2n) is 5.51. The standard InChI is InChI=1S/C16H19ClN4/c17-14-10-19-9-7-13(14)16-15(2-1-8-20-16)21-12-5-3-11(18)4-6-12/h1-2,7-12,21H,3-6,18H2. The van der Waals surface area contributed by atoms with Crippen molar-refractivity contribution in [2.24, 2.45) is 5.73 Å². The zero-order valence-electron chi connectivity index (χ0n) is 11.8. The van der Waals surface area contributed by atoms with Gasteiger partial charge in [0, 0.05) is 36.2 Å². The Hall–Kier alpha value is -1.65. The third-order valence-corrected chi connectivity index (χ3v) is 4.27. The van der Waals surface area contributed by atoms with E-state index in [1.807, 2.05) is 18.2 Å². The molecular weight excluding hydrogens is 284 g/mol. The highest BCUT2D eigenvalue weighted by molar-refractivity contribution is 6.33. The van der Waals surface area contributed by atoms with E-state index in [0.717, 1.165) is 42.6 Å². The normalized spacial score (nSPS) is 22.0. The van der Waals surface area contributed by atoms with Gasteiger partial charge in [0.25, 0.3) is 0 Å². The summed E-state index contributed by atoms with van der Waals surface area (Å²) in [7, 11) is 0. The lowest BCUT2D eigenvalue weighted by Gasteiger charge is -2.28. The first-order valence-corrected chi connectivity index (χ1v) is 7.69. The monoisotopic (exact) mass is 302 g/mol. The lowest BCUT2D eigenvalue weighted by atomic mass is 9.91. The molecule has 0 spiro atoms. The Morgan fingerprint density at radius 2 is 1.95 bits per heavy atom. The molecule has 2 heterocycles. The molecule has 2 aromatic heterocycles. The van der Waals surface area contributed by atoms with E-state index < -0.39 is 0 Å². The van der Waals surface area contributed by atoms with Crippen molar-refractivity contribution in [1.82, 2.24) is 9.97 Å². The first-order valence-electron chi connectivity index (χ1n) is 7.31. The van der Waals surface area contributed by atoms with Crippen molar-refractivity contribution in [3.8, 4) is 11.3 Å². The number of hydrogen-bond acceptors (Lipinski definition) is 4. The Labute approximate surface area is 129 Å². The van der Waals surface area contributed by atoms with E-state index in [1.165, 1.54) is 0 Å². The molecule has 3 N–H and O–H groups in total. The predicted molar refractivity (Wildman–Crippen MR) is 86.3 cm³/mol. The Kier molecular flexibility index (Phi) is 4.36. The van der Waals surface area contributed by atoms with Gasteiger partial charge in [-0.3, -0.25) is 9.97 Å². The molecule has 0 atom stereocenters. The highest BCUT2D eigenvalue weighted by Crippen LogP contribution is 2.32. The zero-order chi connectivity index (χ0) is 14.7. The Bertz CT molecular complexity index is 609. The van der Waals surface area contributed by atoms with Crippen LogP contribution in [0.4, 0.5) is 5.69 Å². The summed E-state index contributed by atoms with van der Waals surface area (Å²) in [6.07, 6.45) is 9.51. The minimum atomic E-state index is 0.353. The number of aromatic nitrogens is 2. The molecule has 0 aromatic carbocycles. The fraction of sp³-hybridized carbons (Fsp3) is 0.375. The van der Waals surface area contributed by atoms with Gasteiger partial charge < -0.3 is 11.1 Å². The molecule has 5 heteroatoms. The largest absolute Gasteiger partial charge is 0.381 e. The number of hydrogen-bond donors (Lipinski definition) is 2. The smallest absolute Gasteiger partial charge is 0.0949 e. The molecule has 2 aromatic rings. The van der Waals surface area contributed by atoms with E-state index in [4.69, 9.17) is 17.3 Å². The Balaban J connectivity index is 1.85. The molecule has 1 aliphatic carbocycles. The number of nitrogens with two attached hydrogens (primary N) is 1. The quantitative estimate of drug-likeness (QED) is 0.911. The van der Waals surface area contributed by atoms with Crippen molar-refractivity contribution in [3.05, 3.63) is 41.8 Å². The second kappa shape index (κ2) is 6.41. The van der Waals surface area contributed by atoms with Gasteiger partial charge in [-0.25, -0.2) is 0 Å². The molecule has 0 unspecified atom stereocenters. The van der Waals surface area contributed by atoms with Crippen LogP contribution in [0.5, 0.6) is 0 Å². The molecule has 0 bridgehead atoms. The fourth-order valence-electron chi connectivity index (χ4n) is 2.79. The summed E-state index contributed by atoms with van der Waals surface area (Å²) < 4.78 is 0. The van der Waals surface area contributed by atoms with Crippen LogP contribution in [0, 0.1) is 0 Å². The van der Waals surface area contributed by atoms with Crippen LogP contribution in [0.15, 0.2) is 36.8 Å². The van der Waals surface area contributed by atoms with Gasteiger partial charge in [-0.1, -0.05) is 11.6 Å². The van der Waals surface area contributed by atoms with Crippen molar-refractivity contribution >= 4 is 17.3 Å². The zero-order valence-corrected chi connectivity index (χ0v) is 12.6. The summed E-state index contributed by atoms with van der Waals surface area (Å²) in [5.74, 6) is 0. The minimum absolute atomic E-state index is 0.353. The van der Waals surface area contributed by atoms with E-state index in [0.29, 0.717) is 17.1 Å².